The molecule has 2 rings (SSSR count). The van der Waals surface area contributed by atoms with Gasteiger partial charge in [-0.2, -0.15) is 0 Å². The number of benzene rings is 1. The SMILES string of the molecule is CCN(CC(=O)Nc1cc(S(=O)(=O)N(C)C)ccc1OC)Cc1ccc(Br)s1. The molecule has 1 N–H and O–H groups in total. The zero-order valence-electron chi connectivity index (χ0n) is 16.2. The second kappa shape index (κ2) is 9.84. The molecule has 10 heteroatoms. The predicted octanol–water partition coefficient (Wildman–Crippen LogP) is 3.23. The van der Waals surface area contributed by atoms with E-state index in [9.17, 15) is 13.2 Å². The van der Waals surface area contributed by atoms with Crippen molar-refractivity contribution in [1.82, 2.24) is 9.21 Å². The van der Waals surface area contributed by atoms with E-state index in [1.807, 2.05) is 24.0 Å². The molecule has 1 aromatic carbocycles. The lowest BCUT2D eigenvalue weighted by molar-refractivity contribution is -0.117. The average Bonchev–Trinajstić information content (AvgIpc) is 3.05. The molecular weight excluding hydrogens is 466 g/mol. The Labute approximate surface area is 178 Å². The van der Waals surface area contributed by atoms with Gasteiger partial charge in [-0.25, -0.2) is 12.7 Å². The fourth-order valence-electron chi connectivity index (χ4n) is 2.49. The summed E-state index contributed by atoms with van der Waals surface area (Å²) in [6.45, 7) is 3.53. The number of methoxy groups -OCH3 is 1. The van der Waals surface area contributed by atoms with E-state index in [0.29, 0.717) is 24.5 Å². The molecule has 1 heterocycles. The standard InChI is InChI=1S/C18H24BrN3O4S2/c1-5-22(11-13-6-9-17(19)27-13)12-18(23)20-15-10-14(7-8-16(15)26-4)28(24,25)21(2)3/h6-10H,5,11-12H2,1-4H3,(H,20,23). The molecule has 1 aromatic heterocycles. The lowest BCUT2D eigenvalue weighted by atomic mass is 10.3. The van der Waals surface area contributed by atoms with E-state index >= 15 is 0 Å². The monoisotopic (exact) mass is 489 g/mol. The van der Waals surface area contributed by atoms with Crippen molar-refractivity contribution in [3.05, 3.63) is 39.0 Å². The Morgan fingerprint density at radius 3 is 2.50 bits per heavy atom. The van der Waals surface area contributed by atoms with Crippen LogP contribution in [0, 0.1) is 0 Å². The molecule has 0 unspecified atom stereocenters. The lowest BCUT2D eigenvalue weighted by Gasteiger charge is -2.20. The number of carbonyl (C=O) groups excluding carboxylic acids is 1. The average molecular weight is 490 g/mol. The smallest absolute Gasteiger partial charge is 0.242 e. The molecule has 0 fully saturated rings. The van der Waals surface area contributed by atoms with Gasteiger partial charge in [0.05, 0.1) is 28.0 Å². The summed E-state index contributed by atoms with van der Waals surface area (Å²) >= 11 is 5.07. The van der Waals surface area contributed by atoms with Gasteiger partial charge in [-0.1, -0.05) is 6.92 Å². The van der Waals surface area contributed by atoms with Crippen molar-refractivity contribution >= 4 is 48.9 Å². The summed E-state index contributed by atoms with van der Waals surface area (Å²) < 4.78 is 32.2. The van der Waals surface area contributed by atoms with Gasteiger partial charge in [-0.3, -0.25) is 9.69 Å². The molecule has 7 nitrogen and oxygen atoms in total. The molecule has 154 valence electrons. The van der Waals surface area contributed by atoms with Crippen LogP contribution in [0.2, 0.25) is 0 Å². The minimum absolute atomic E-state index is 0.0874. The Hall–Kier alpha value is -1.46. The van der Waals surface area contributed by atoms with Crippen molar-refractivity contribution in [3.63, 3.8) is 0 Å². The molecular formula is C18H24BrN3O4S2. The second-order valence-electron chi connectivity index (χ2n) is 6.21. The Morgan fingerprint density at radius 2 is 1.96 bits per heavy atom. The molecule has 0 aliphatic carbocycles. The van der Waals surface area contributed by atoms with Crippen molar-refractivity contribution in [1.29, 1.82) is 0 Å². The van der Waals surface area contributed by atoms with Gasteiger partial charge in [0.1, 0.15) is 5.75 Å². The number of carbonyl (C=O) groups is 1. The van der Waals surface area contributed by atoms with Crippen LogP contribution in [0.25, 0.3) is 0 Å². The van der Waals surface area contributed by atoms with Crippen molar-refractivity contribution in [2.45, 2.75) is 18.4 Å². The zero-order valence-corrected chi connectivity index (χ0v) is 19.4. The number of ether oxygens (including phenoxy) is 1. The first-order chi connectivity index (χ1) is 13.2. The summed E-state index contributed by atoms with van der Waals surface area (Å²) in [6, 6.07) is 8.41. The maximum absolute atomic E-state index is 12.6. The first kappa shape index (κ1) is 22.8. The van der Waals surface area contributed by atoms with Gasteiger partial charge in [0.15, 0.2) is 0 Å². The Kier molecular flexibility index (Phi) is 8.02. The quantitative estimate of drug-likeness (QED) is 0.584. The van der Waals surface area contributed by atoms with Gasteiger partial charge in [0.25, 0.3) is 0 Å². The maximum atomic E-state index is 12.6. The number of sulfonamides is 1. The first-order valence-electron chi connectivity index (χ1n) is 8.54. The number of rotatable bonds is 9. The second-order valence-corrected chi connectivity index (χ2v) is 10.9. The van der Waals surface area contributed by atoms with Crippen molar-refractivity contribution < 1.29 is 17.9 Å². The number of hydrogen-bond acceptors (Lipinski definition) is 6. The number of anilines is 1. The van der Waals surface area contributed by atoms with E-state index in [0.717, 1.165) is 13.0 Å². The van der Waals surface area contributed by atoms with Gasteiger partial charge in [-0.15, -0.1) is 11.3 Å². The van der Waals surface area contributed by atoms with E-state index < -0.39 is 10.0 Å². The first-order valence-corrected chi connectivity index (χ1v) is 11.6. The summed E-state index contributed by atoms with van der Waals surface area (Å²) in [4.78, 5) is 15.8. The predicted molar refractivity (Wildman–Crippen MR) is 115 cm³/mol. The van der Waals surface area contributed by atoms with Crippen LogP contribution >= 0.6 is 27.3 Å². The summed E-state index contributed by atoms with van der Waals surface area (Å²) in [5.74, 6) is 0.159. The molecule has 0 saturated heterocycles. The number of nitrogens with one attached hydrogen (secondary N) is 1. The summed E-state index contributed by atoms with van der Waals surface area (Å²) in [5, 5.41) is 2.77. The Morgan fingerprint density at radius 1 is 1.25 bits per heavy atom. The molecule has 28 heavy (non-hydrogen) atoms. The molecule has 0 atom stereocenters. The van der Waals surface area contributed by atoms with Crippen LogP contribution < -0.4 is 10.1 Å². The number of likely N-dealkylation sites (N-methyl/N-ethyl adjacent to an activating group) is 1. The highest BCUT2D eigenvalue weighted by Crippen LogP contribution is 2.28. The van der Waals surface area contributed by atoms with Crippen molar-refractivity contribution in [3.8, 4) is 5.75 Å². The van der Waals surface area contributed by atoms with Crippen molar-refractivity contribution in [2.24, 2.45) is 0 Å². The van der Waals surface area contributed by atoms with Gasteiger partial charge in [0, 0.05) is 25.5 Å². The van der Waals surface area contributed by atoms with E-state index in [4.69, 9.17) is 4.74 Å². The number of nitrogens with zero attached hydrogens (tertiary/aromatic N) is 2. The van der Waals surface area contributed by atoms with Gasteiger partial charge in [-0.05, 0) is 52.8 Å². The highest BCUT2D eigenvalue weighted by Gasteiger charge is 2.20. The largest absolute Gasteiger partial charge is 0.495 e. The van der Waals surface area contributed by atoms with E-state index in [-0.39, 0.29) is 17.3 Å². The number of halogens is 1. The summed E-state index contributed by atoms with van der Waals surface area (Å²) in [6.07, 6.45) is 0. The minimum atomic E-state index is -3.61. The lowest BCUT2D eigenvalue weighted by Crippen LogP contribution is -2.32. The highest BCUT2D eigenvalue weighted by molar-refractivity contribution is 9.11. The van der Waals surface area contributed by atoms with Crippen LogP contribution in [0.15, 0.2) is 39.0 Å². The van der Waals surface area contributed by atoms with Gasteiger partial charge < -0.3 is 10.1 Å². The van der Waals surface area contributed by atoms with Gasteiger partial charge >= 0.3 is 0 Å². The molecule has 0 spiro atoms. The normalized spacial score (nSPS) is 11.8. The zero-order chi connectivity index (χ0) is 20.9. The van der Waals surface area contributed by atoms with Crippen LogP contribution in [0.3, 0.4) is 0 Å². The fourth-order valence-corrected chi connectivity index (χ4v) is 4.94. The molecule has 0 bridgehead atoms. The number of amides is 1. The number of hydrogen-bond donors (Lipinski definition) is 1. The molecule has 0 aliphatic heterocycles. The molecule has 0 saturated carbocycles. The molecule has 0 radical (unpaired) electrons. The Balaban J connectivity index is 2.15. The van der Waals surface area contributed by atoms with Crippen LogP contribution in [-0.2, 0) is 21.4 Å². The summed E-state index contributed by atoms with van der Waals surface area (Å²) in [5.41, 5.74) is 0.324. The van der Waals surface area contributed by atoms with E-state index in [2.05, 4.69) is 21.2 Å². The van der Waals surface area contributed by atoms with Crippen LogP contribution in [0.1, 0.15) is 11.8 Å². The third-order valence-electron chi connectivity index (χ3n) is 4.05. The maximum Gasteiger partial charge on any atom is 0.242 e. The minimum Gasteiger partial charge on any atom is -0.495 e. The number of thiophene rings is 1. The van der Waals surface area contributed by atoms with Crippen LogP contribution in [0.4, 0.5) is 5.69 Å². The van der Waals surface area contributed by atoms with Crippen LogP contribution in [0.5, 0.6) is 5.75 Å². The van der Waals surface area contributed by atoms with Gasteiger partial charge in [0.2, 0.25) is 15.9 Å². The Bertz CT molecular complexity index is 929. The molecule has 2 aromatic rings. The highest BCUT2D eigenvalue weighted by atomic mass is 79.9. The third-order valence-corrected chi connectivity index (χ3v) is 7.47. The third kappa shape index (κ3) is 5.77. The van der Waals surface area contributed by atoms with E-state index in [1.165, 1.54) is 39.4 Å². The molecule has 0 aliphatic rings. The molecule has 1 amide bonds. The van der Waals surface area contributed by atoms with Crippen molar-refractivity contribution in [2.75, 3.05) is 39.6 Å². The van der Waals surface area contributed by atoms with E-state index in [1.54, 1.807) is 11.3 Å². The van der Waals surface area contributed by atoms with Crippen LogP contribution in [-0.4, -0.2) is 57.8 Å². The topological polar surface area (TPSA) is 79.0 Å². The fraction of sp³-hybridized carbons (Fsp3) is 0.389. The summed E-state index contributed by atoms with van der Waals surface area (Å²) in [7, 11) is 0.774.